The summed E-state index contributed by atoms with van der Waals surface area (Å²) < 4.78 is 0. The van der Waals surface area contributed by atoms with E-state index >= 15 is 0 Å². The molecule has 106 valence electrons. The Labute approximate surface area is 117 Å². The molecule has 0 aromatic rings. The van der Waals surface area contributed by atoms with Gasteiger partial charge in [0.05, 0.1) is 5.25 Å². The van der Waals surface area contributed by atoms with Gasteiger partial charge in [-0.3, -0.25) is 19.7 Å². The predicted molar refractivity (Wildman–Crippen MR) is 73.6 cm³/mol. The van der Waals surface area contributed by atoms with Crippen LogP contribution < -0.4 is 10.6 Å². The summed E-state index contributed by atoms with van der Waals surface area (Å²) in [5.41, 5.74) is 0. The molecule has 0 bridgehead atoms. The minimum Gasteiger partial charge on any atom is -0.355 e. The molecule has 2 aliphatic rings. The molecule has 2 fully saturated rings. The normalized spacial score (nSPS) is 24.3. The maximum Gasteiger partial charge on any atom is 0.240 e. The molecule has 1 saturated carbocycles. The number of nitrogens with one attached hydrogen (secondary N) is 2. The standard InChI is InChI=1S/C13H20N2O3S/c16-11-8-10(13(18)15-11)19-7-6-14-12(17)9-4-2-1-3-5-9/h9-10H,1-8H2,(H,14,17)(H,15,16,18). The van der Waals surface area contributed by atoms with E-state index in [9.17, 15) is 14.4 Å². The number of thioether (sulfide) groups is 1. The molecule has 0 aromatic heterocycles. The van der Waals surface area contributed by atoms with Gasteiger partial charge in [0.25, 0.3) is 0 Å². The Balaban J connectivity index is 1.60. The van der Waals surface area contributed by atoms with Crippen LogP contribution in [-0.4, -0.2) is 35.3 Å². The topological polar surface area (TPSA) is 75.3 Å². The molecule has 1 unspecified atom stereocenters. The zero-order chi connectivity index (χ0) is 13.7. The SMILES string of the molecule is O=C1CC(SCCNC(=O)C2CCCCC2)C(=O)N1. The zero-order valence-corrected chi connectivity index (χ0v) is 11.8. The molecule has 1 saturated heterocycles. The van der Waals surface area contributed by atoms with Crippen LogP contribution in [0.3, 0.4) is 0 Å². The highest BCUT2D eigenvalue weighted by molar-refractivity contribution is 8.00. The number of hydrogen-bond acceptors (Lipinski definition) is 4. The summed E-state index contributed by atoms with van der Waals surface area (Å²) in [5, 5.41) is 4.93. The number of imide groups is 1. The second kappa shape index (κ2) is 6.93. The van der Waals surface area contributed by atoms with E-state index in [1.54, 1.807) is 0 Å². The fourth-order valence-electron chi connectivity index (χ4n) is 2.55. The molecule has 2 N–H and O–H groups in total. The Morgan fingerprint density at radius 2 is 2.00 bits per heavy atom. The van der Waals surface area contributed by atoms with Crippen molar-refractivity contribution < 1.29 is 14.4 Å². The minimum atomic E-state index is -0.279. The van der Waals surface area contributed by atoms with Crippen molar-refractivity contribution in [3.63, 3.8) is 0 Å². The third kappa shape index (κ3) is 4.23. The first kappa shape index (κ1) is 14.4. The molecule has 5 nitrogen and oxygen atoms in total. The van der Waals surface area contributed by atoms with Gasteiger partial charge < -0.3 is 5.32 Å². The van der Waals surface area contributed by atoms with E-state index in [4.69, 9.17) is 0 Å². The summed E-state index contributed by atoms with van der Waals surface area (Å²) in [7, 11) is 0. The van der Waals surface area contributed by atoms with E-state index in [1.165, 1.54) is 18.2 Å². The van der Waals surface area contributed by atoms with Gasteiger partial charge in [-0.1, -0.05) is 19.3 Å². The van der Waals surface area contributed by atoms with Crippen molar-refractivity contribution in [2.24, 2.45) is 5.92 Å². The average Bonchev–Trinajstić information content (AvgIpc) is 2.74. The highest BCUT2D eigenvalue weighted by Crippen LogP contribution is 2.23. The van der Waals surface area contributed by atoms with E-state index in [2.05, 4.69) is 10.6 Å². The van der Waals surface area contributed by atoms with E-state index in [-0.39, 0.29) is 35.3 Å². The molecule has 19 heavy (non-hydrogen) atoms. The lowest BCUT2D eigenvalue weighted by atomic mass is 9.89. The molecular formula is C13H20N2O3S. The molecule has 3 amide bonds. The fraction of sp³-hybridized carbons (Fsp3) is 0.769. The summed E-state index contributed by atoms with van der Waals surface area (Å²) in [6, 6.07) is 0. The fourth-order valence-corrected chi connectivity index (χ4v) is 3.53. The Kier molecular flexibility index (Phi) is 5.24. The van der Waals surface area contributed by atoms with Gasteiger partial charge in [0.1, 0.15) is 0 Å². The highest BCUT2D eigenvalue weighted by Gasteiger charge is 2.30. The smallest absolute Gasteiger partial charge is 0.240 e. The van der Waals surface area contributed by atoms with Crippen LogP contribution in [-0.2, 0) is 14.4 Å². The van der Waals surface area contributed by atoms with Gasteiger partial charge in [0.2, 0.25) is 17.7 Å². The zero-order valence-electron chi connectivity index (χ0n) is 10.9. The van der Waals surface area contributed by atoms with Crippen LogP contribution >= 0.6 is 11.8 Å². The maximum absolute atomic E-state index is 11.9. The van der Waals surface area contributed by atoms with Crippen LogP contribution in [0.4, 0.5) is 0 Å². The summed E-state index contributed by atoms with van der Waals surface area (Å²) in [5.74, 6) is 0.591. The van der Waals surface area contributed by atoms with Gasteiger partial charge in [-0.05, 0) is 12.8 Å². The highest BCUT2D eigenvalue weighted by atomic mass is 32.2. The predicted octanol–water partition coefficient (Wildman–Crippen LogP) is 0.831. The number of carbonyl (C=O) groups is 3. The second-order valence-corrected chi connectivity index (χ2v) is 6.41. The van der Waals surface area contributed by atoms with Crippen molar-refractivity contribution in [3.05, 3.63) is 0 Å². The Hall–Kier alpha value is -1.04. The number of carbonyl (C=O) groups excluding carboxylic acids is 3. The third-order valence-electron chi connectivity index (χ3n) is 3.62. The van der Waals surface area contributed by atoms with Crippen molar-refractivity contribution >= 4 is 29.5 Å². The maximum atomic E-state index is 11.9. The summed E-state index contributed by atoms with van der Waals surface area (Å²) in [4.78, 5) is 34.2. The molecule has 6 heteroatoms. The van der Waals surface area contributed by atoms with Gasteiger partial charge in [0.15, 0.2) is 0 Å². The van der Waals surface area contributed by atoms with Gasteiger partial charge in [0, 0.05) is 24.6 Å². The van der Waals surface area contributed by atoms with Crippen molar-refractivity contribution in [2.45, 2.75) is 43.8 Å². The van der Waals surface area contributed by atoms with Crippen LogP contribution in [0.5, 0.6) is 0 Å². The summed E-state index contributed by atoms with van der Waals surface area (Å²) >= 11 is 1.44. The van der Waals surface area contributed by atoms with Crippen molar-refractivity contribution in [1.82, 2.24) is 10.6 Å². The summed E-state index contributed by atoms with van der Waals surface area (Å²) in [6.45, 7) is 0.567. The molecule has 0 spiro atoms. The first-order valence-electron chi connectivity index (χ1n) is 6.90. The van der Waals surface area contributed by atoms with Crippen LogP contribution in [0.2, 0.25) is 0 Å². The van der Waals surface area contributed by atoms with Gasteiger partial charge >= 0.3 is 0 Å². The number of rotatable bonds is 5. The molecule has 1 aliphatic heterocycles. The van der Waals surface area contributed by atoms with Gasteiger partial charge in [-0.2, -0.15) is 0 Å². The molecule has 1 atom stereocenters. The lowest BCUT2D eigenvalue weighted by Gasteiger charge is -2.20. The van der Waals surface area contributed by atoms with Crippen molar-refractivity contribution in [2.75, 3.05) is 12.3 Å². The van der Waals surface area contributed by atoms with E-state index in [1.807, 2.05) is 0 Å². The quantitative estimate of drug-likeness (QED) is 0.579. The van der Waals surface area contributed by atoms with Gasteiger partial charge in [-0.15, -0.1) is 11.8 Å². The molecule has 0 aromatic carbocycles. The Morgan fingerprint density at radius 3 is 2.63 bits per heavy atom. The lowest BCUT2D eigenvalue weighted by Crippen LogP contribution is -2.33. The molecule has 0 radical (unpaired) electrons. The largest absolute Gasteiger partial charge is 0.355 e. The van der Waals surface area contributed by atoms with Crippen LogP contribution in [0.1, 0.15) is 38.5 Å². The van der Waals surface area contributed by atoms with E-state index in [0.717, 1.165) is 25.7 Å². The average molecular weight is 284 g/mol. The molecular weight excluding hydrogens is 264 g/mol. The van der Waals surface area contributed by atoms with Crippen LogP contribution in [0.25, 0.3) is 0 Å². The van der Waals surface area contributed by atoms with Crippen molar-refractivity contribution in [3.8, 4) is 0 Å². The number of hydrogen-bond donors (Lipinski definition) is 2. The Morgan fingerprint density at radius 1 is 1.26 bits per heavy atom. The Bertz CT molecular complexity index is 367. The minimum absolute atomic E-state index is 0.146. The lowest BCUT2D eigenvalue weighted by molar-refractivity contribution is -0.126. The van der Waals surface area contributed by atoms with Crippen LogP contribution in [0, 0.1) is 5.92 Å². The second-order valence-electron chi connectivity index (χ2n) is 5.10. The number of amides is 3. The van der Waals surface area contributed by atoms with Crippen molar-refractivity contribution in [1.29, 1.82) is 0 Å². The third-order valence-corrected chi connectivity index (χ3v) is 4.85. The van der Waals surface area contributed by atoms with E-state index < -0.39 is 0 Å². The van der Waals surface area contributed by atoms with Crippen LogP contribution in [0.15, 0.2) is 0 Å². The summed E-state index contributed by atoms with van der Waals surface area (Å²) in [6.07, 6.45) is 5.80. The van der Waals surface area contributed by atoms with Gasteiger partial charge in [-0.25, -0.2) is 0 Å². The first-order chi connectivity index (χ1) is 9.16. The molecule has 1 heterocycles. The van der Waals surface area contributed by atoms with E-state index in [0.29, 0.717) is 12.3 Å². The molecule has 1 aliphatic carbocycles. The molecule has 2 rings (SSSR count). The first-order valence-corrected chi connectivity index (χ1v) is 7.94. The monoisotopic (exact) mass is 284 g/mol.